The van der Waals surface area contributed by atoms with E-state index in [1.807, 2.05) is 0 Å². The van der Waals surface area contributed by atoms with Crippen molar-refractivity contribution in [1.82, 2.24) is 0 Å². The van der Waals surface area contributed by atoms with E-state index in [1.165, 1.54) is 35.2 Å². The number of halogens is 7. The van der Waals surface area contributed by atoms with Gasteiger partial charge in [0.25, 0.3) is 0 Å². The Morgan fingerprint density at radius 1 is 0.862 bits per heavy atom. The summed E-state index contributed by atoms with van der Waals surface area (Å²) in [7, 11) is 0. The molecule has 0 aliphatic carbocycles. The highest BCUT2D eigenvalue weighted by atomic mass is 19.4. The molecular weight excluding hydrogens is 403 g/mol. The van der Waals surface area contributed by atoms with Crippen molar-refractivity contribution in [2.45, 2.75) is 24.9 Å². The van der Waals surface area contributed by atoms with Crippen LogP contribution in [0.25, 0.3) is 5.57 Å². The molecule has 0 saturated heterocycles. The van der Waals surface area contributed by atoms with E-state index in [0.717, 1.165) is 6.20 Å². The third-order valence-electron chi connectivity index (χ3n) is 4.08. The van der Waals surface area contributed by atoms with Crippen molar-refractivity contribution in [3.8, 4) is 0 Å². The number of anilines is 1. The van der Waals surface area contributed by atoms with Gasteiger partial charge in [-0.3, -0.25) is 4.79 Å². The highest BCUT2D eigenvalue weighted by molar-refractivity contribution is 6.24. The van der Waals surface area contributed by atoms with Crippen molar-refractivity contribution in [2.24, 2.45) is 0 Å². The molecule has 2 aromatic rings. The van der Waals surface area contributed by atoms with Crippen LogP contribution in [0.1, 0.15) is 12.5 Å². The summed E-state index contributed by atoms with van der Waals surface area (Å²) in [6.45, 7) is 1.73. The Bertz CT molecular complexity index is 861. The Labute approximate surface area is 162 Å². The first kappa shape index (κ1) is 22.4. The molecule has 0 saturated carbocycles. The lowest BCUT2D eigenvalue weighted by Crippen LogP contribution is -2.56. The molecule has 0 aliphatic heterocycles. The minimum atomic E-state index is -6.60. The summed E-state index contributed by atoms with van der Waals surface area (Å²) in [6.07, 6.45) is -5.74. The van der Waals surface area contributed by atoms with Crippen LogP contribution in [0.5, 0.6) is 0 Å². The van der Waals surface area contributed by atoms with E-state index in [4.69, 9.17) is 0 Å². The maximum atomic E-state index is 14.1. The first-order chi connectivity index (χ1) is 13.4. The summed E-state index contributed by atoms with van der Waals surface area (Å²) in [4.78, 5) is 13.6. The fraction of sp³-hybridized carbons (Fsp3) is 0.250. The Morgan fingerprint density at radius 2 is 1.34 bits per heavy atom. The zero-order chi connectivity index (χ0) is 21.9. The average Bonchev–Trinajstić information content (AvgIpc) is 2.68. The number of Topliss-reactive ketones (excluding diaryl/α,β-unsaturated/α-hetero) is 1. The van der Waals surface area contributed by atoms with Crippen molar-refractivity contribution in [3.05, 3.63) is 72.4 Å². The minimum absolute atomic E-state index is 0.134. The predicted molar refractivity (Wildman–Crippen MR) is 94.8 cm³/mol. The molecule has 0 aliphatic rings. The second-order valence-electron chi connectivity index (χ2n) is 6.01. The SMILES string of the molecule is CCN(/C=C(\C(=O)C(F)(F)C(F)(F)C(F)(F)F)c1ccccc1)c1ccccc1. The van der Waals surface area contributed by atoms with Crippen LogP contribution >= 0.6 is 0 Å². The largest absolute Gasteiger partial charge is 0.460 e. The molecule has 9 heteroatoms. The van der Waals surface area contributed by atoms with Gasteiger partial charge in [0.1, 0.15) is 0 Å². The third kappa shape index (κ3) is 4.44. The van der Waals surface area contributed by atoms with E-state index in [9.17, 15) is 35.5 Å². The van der Waals surface area contributed by atoms with Crippen LogP contribution in [0.2, 0.25) is 0 Å². The number of hydrogen-bond acceptors (Lipinski definition) is 2. The van der Waals surface area contributed by atoms with Gasteiger partial charge in [-0.15, -0.1) is 0 Å². The molecule has 0 fully saturated rings. The second kappa shape index (κ2) is 8.26. The van der Waals surface area contributed by atoms with Gasteiger partial charge in [0, 0.05) is 24.0 Å². The van der Waals surface area contributed by atoms with Crippen LogP contribution in [0.4, 0.5) is 36.4 Å². The van der Waals surface area contributed by atoms with Gasteiger partial charge >= 0.3 is 18.0 Å². The van der Waals surface area contributed by atoms with Crippen molar-refractivity contribution >= 4 is 17.0 Å². The van der Waals surface area contributed by atoms with Crippen molar-refractivity contribution in [2.75, 3.05) is 11.4 Å². The number of benzene rings is 2. The maximum Gasteiger partial charge on any atom is 0.460 e. The molecule has 0 amide bonds. The number of para-hydroxylation sites is 1. The number of alkyl halides is 7. The molecule has 2 rings (SSSR count). The zero-order valence-corrected chi connectivity index (χ0v) is 15.1. The molecular formula is C20H16F7NO. The van der Waals surface area contributed by atoms with E-state index < -0.39 is 29.4 Å². The summed E-state index contributed by atoms with van der Waals surface area (Å²) in [5, 5.41) is 0. The van der Waals surface area contributed by atoms with E-state index in [0.29, 0.717) is 5.69 Å². The summed E-state index contributed by atoms with van der Waals surface area (Å²) in [5.74, 6) is -15.2. The Kier molecular flexibility index (Phi) is 6.40. The second-order valence-corrected chi connectivity index (χ2v) is 6.01. The summed E-state index contributed by atoms with van der Waals surface area (Å²) >= 11 is 0. The lowest BCUT2D eigenvalue weighted by atomic mass is 9.94. The number of ketones is 1. The molecule has 156 valence electrons. The van der Waals surface area contributed by atoms with Crippen LogP contribution in [0, 0.1) is 0 Å². The Hall–Kier alpha value is -2.84. The van der Waals surface area contributed by atoms with Crippen molar-refractivity contribution in [1.29, 1.82) is 0 Å². The number of carbonyl (C=O) groups is 1. The lowest BCUT2D eigenvalue weighted by molar-refractivity contribution is -0.342. The molecule has 0 N–H and O–H groups in total. The predicted octanol–water partition coefficient (Wildman–Crippen LogP) is 5.96. The number of hydrogen-bond donors (Lipinski definition) is 0. The molecule has 2 nitrogen and oxygen atoms in total. The molecule has 2 aromatic carbocycles. The fourth-order valence-electron chi connectivity index (χ4n) is 2.50. The number of rotatable bonds is 7. The van der Waals surface area contributed by atoms with Gasteiger partial charge in [0.15, 0.2) is 0 Å². The van der Waals surface area contributed by atoms with Crippen molar-refractivity contribution < 1.29 is 35.5 Å². The van der Waals surface area contributed by atoms with Gasteiger partial charge in [-0.25, -0.2) is 0 Å². The fourth-order valence-corrected chi connectivity index (χ4v) is 2.50. The van der Waals surface area contributed by atoms with Gasteiger partial charge < -0.3 is 4.90 Å². The molecule has 0 aromatic heterocycles. The smallest absolute Gasteiger partial charge is 0.348 e. The standard InChI is InChI=1S/C20H16F7NO/c1-2-28(15-11-7-4-8-12-15)13-16(14-9-5-3-6-10-14)17(29)18(21,22)19(23,24)20(25,26)27/h3-13H,2H2,1H3/b16-13-. The third-order valence-corrected chi connectivity index (χ3v) is 4.08. The van der Waals surface area contributed by atoms with Crippen LogP contribution < -0.4 is 4.90 Å². The molecule has 0 bridgehead atoms. The Morgan fingerprint density at radius 3 is 1.79 bits per heavy atom. The minimum Gasteiger partial charge on any atom is -0.348 e. The maximum absolute atomic E-state index is 14.1. The average molecular weight is 419 g/mol. The van der Waals surface area contributed by atoms with Crippen molar-refractivity contribution in [3.63, 3.8) is 0 Å². The Balaban J connectivity index is 2.62. The quantitative estimate of drug-likeness (QED) is 0.408. The van der Waals surface area contributed by atoms with Crippen LogP contribution in [0.15, 0.2) is 66.9 Å². The monoisotopic (exact) mass is 419 g/mol. The summed E-state index contributed by atoms with van der Waals surface area (Å²) in [5.41, 5.74) is -0.753. The highest BCUT2D eigenvalue weighted by Crippen LogP contribution is 2.48. The normalized spacial score (nSPS) is 13.3. The number of allylic oxidation sites excluding steroid dienone is 1. The molecule has 29 heavy (non-hydrogen) atoms. The molecule has 0 radical (unpaired) electrons. The summed E-state index contributed by atoms with van der Waals surface area (Å²) in [6, 6.07) is 14.5. The van der Waals surface area contributed by atoms with Crippen LogP contribution in [-0.2, 0) is 4.79 Å². The van der Waals surface area contributed by atoms with Gasteiger partial charge in [0.2, 0.25) is 5.78 Å². The van der Waals surface area contributed by atoms with Gasteiger partial charge in [-0.05, 0) is 24.6 Å². The molecule has 0 heterocycles. The first-order valence-corrected chi connectivity index (χ1v) is 8.39. The van der Waals surface area contributed by atoms with E-state index in [-0.39, 0.29) is 12.1 Å². The topological polar surface area (TPSA) is 20.3 Å². The van der Waals surface area contributed by atoms with E-state index in [1.54, 1.807) is 37.3 Å². The summed E-state index contributed by atoms with van der Waals surface area (Å²) < 4.78 is 92.7. The van der Waals surface area contributed by atoms with E-state index in [2.05, 4.69) is 0 Å². The van der Waals surface area contributed by atoms with E-state index >= 15 is 0 Å². The number of nitrogens with zero attached hydrogens (tertiary/aromatic N) is 1. The van der Waals surface area contributed by atoms with Crippen LogP contribution in [-0.4, -0.2) is 30.3 Å². The first-order valence-electron chi connectivity index (χ1n) is 8.39. The molecule has 0 spiro atoms. The van der Waals surface area contributed by atoms with Gasteiger partial charge in [0.05, 0.1) is 0 Å². The zero-order valence-electron chi connectivity index (χ0n) is 15.1. The van der Waals surface area contributed by atoms with Crippen LogP contribution in [0.3, 0.4) is 0 Å². The highest BCUT2D eigenvalue weighted by Gasteiger charge is 2.76. The van der Waals surface area contributed by atoms with Gasteiger partial charge in [-0.1, -0.05) is 48.5 Å². The molecule has 0 atom stereocenters. The van der Waals surface area contributed by atoms with Gasteiger partial charge in [-0.2, -0.15) is 30.7 Å². The molecule has 0 unspecified atom stereocenters. The number of carbonyl (C=O) groups excluding carboxylic acids is 1. The lowest BCUT2D eigenvalue weighted by Gasteiger charge is -2.28.